The second-order valence-electron chi connectivity index (χ2n) is 5.00. The molecule has 3 nitrogen and oxygen atoms in total. The topological polar surface area (TPSA) is 41.1 Å². The molecule has 1 atom stereocenters. The Morgan fingerprint density at radius 3 is 2.76 bits per heavy atom. The van der Waals surface area contributed by atoms with Gasteiger partial charge in [-0.25, -0.2) is 8.78 Å². The van der Waals surface area contributed by atoms with Crippen molar-refractivity contribution in [1.29, 1.82) is 0 Å². The summed E-state index contributed by atoms with van der Waals surface area (Å²) >= 11 is 3.07. The number of piperidine rings is 1. The Bertz CT molecular complexity index is 496. The van der Waals surface area contributed by atoms with Crippen LogP contribution in [-0.2, 0) is 0 Å². The van der Waals surface area contributed by atoms with E-state index in [0.29, 0.717) is 12.5 Å². The highest BCUT2D eigenvalue weighted by atomic mass is 79.9. The van der Waals surface area contributed by atoms with Gasteiger partial charge >= 0.3 is 0 Å². The summed E-state index contributed by atoms with van der Waals surface area (Å²) in [7, 11) is 0. The molecule has 1 aromatic carbocycles. The maximum absolute atomic E-state index is 13.1. The van der Waals surface area contributed by atoms with Gasteiger partial charge in [0.05, 0.1) is 5.56 Å². The number of hydrogen-bond acceptors (Lipinski definition) is 2. The third kappa shape index (κ3) is 5.20. The lowest BCUT2D eigenvalue weighted by atomic mass is 9.96. The monoisotopic (exact) mass is 382 g/mol. The molecule has 21 heavy (non-hydrogen) atoms. The van der Waals surface area contributed by atoms with Crippen molar-refractivity contribution in [2.24, 2.45) is 5.92 Å². The minimum absolute atomic E-state index is 0. The van der Waals surface area contributed by atoms with Crippen LogP contribution in [0.4, 0.5) is 8.78 Å². The van der Waals surface area contributed by atoms with E-state index in [1.54, 1.807) is 0 Å². The Morgan fingerprint density at radius 2 is 2.10 bits per heavy atom. The molecule has 0 bridgehead atoms. The van der Waals surface area contributed by atoms with Crippen LogP contribution in [-0.4, -0.2) is 25.5 Å². The number of nitrogens with one attached hydrogen (secondary N) is 2. The first kappa shape index (κ1) is 18.3. The molecule has 1 amide bonds. The van der Waals surface area contributed by atoms with Crippen molar-refractivity contribution >= 4 is 34.2 Å². The molecule has 1 unspecified atom stereocenters. The van der Waals surface area contributed by atoms with Gasteiger partial charge in [0.25, 0.3) is 5.91 Å². The smallest absolute Gasteiger partial charge is 0.252 e. The van der Waals surface area contributed by atoms with Crippen molar-refractivity contribution in [3.8, 4) is 0 Å². The number of carbonyl (C=O) groups excluding carboxylic acids is 1. The van der Waals surface area contributed by atoms with Gasteiger partial charge in [-0.15, -0.1) is 12.4 Å². The summed E-state index contributed by atoms with van der Waals surface area (Å²) in [5, 5.41) is 6.06. The van der Waals surface area contributed by atoms with Crippen LogP contribution in [0, 0.1) is 17.6 Å². The van der Waals surface area contributed by atoms with Gasteiger partial charge in [-0.1, -0.05) is 0 Å². The van der Waals surface area contributed by atoms with E-state index in [-0.39, 0.29) is 28.4 Å². The molecule has 0 aromatic heterocycles. The fourth-order valence-electron chi connectivity index (χ4n) is 2.35. The van der Waals surface area contributed by atoms with Crippen molar-refractivity contribution in [3.05, 3.63) is 33.8 Å². The predicted molar refractivity (Wildman–Crippen MR) is 83.8 cm³/mol. The fraction of sp³-hybridized carbons (Fsp3) is 0.500. The van der Waals surface area contributed by atoms with E-state index in [2.05, 4.69) is 26.6 Å². The van der Waals surface area contributed by atoms with Gasteiger partial charge in [0, 0.05) is 11.0 Å². The minimum atomic E-state index is -1.02. The van der Waals surface area contributed by atoms with E-state index in [4.69, 9.17) is 0 Å². The van der Waals surface area contributed by atoms with Gasteiger partial charge in [-0.05, 0) is 66.3 Å². The van der Waals surface area contributed by atoms with Crippen LogP contribution in [0.2, 0.25) is 0 Å². The lowest BCUT2D eigenvalue weighted by Gasteiger charge is -2.22. The molecular formula is C14H18BrClF2N2O. The van der Waals surface area contributed by atoms with Gasteiger partial charge in [0.1, 0.15) is 0 Å². The third-order valence-corrected chi connectivity index (χ3v) is 4.15. The summed E-state index contributed by atoms with van der Waals surface area (Å²) in [6.45, 7) is 2.58. The highest BCUT2D eigenvalue weighted by Gasteiger charge is 2.16. The summed E-state index contributed by atoms with van der Waals surface area (Å²) in [6.07, 6.45) is 3.21. The molecule has 7 heteroatoms. The second kappa shape index (κ2) is 8.66. The highest BCUT2D eigenvalue weighted by molar-refractivity contribution is 9.10. The zero-order valence-corrected chi connectivity index (χ0v) is 13.8. The molecule has 2 N–H and O–H groups in total. The molecule has 0 aliphatic carbocycles. The Kier molecular flexibility index (Phi) is 7.56. The Morgan fingerprint density at radius 1 is 1.38 bits per heavy atom. The van der Waals surface area contributed by atoms with E-state index >= 15 is 0 Å². The summed E-state index contributed by atoms with van der Waals surface area (Å²) in [4.78, 5) is 11.9. The van der Waals surface area contributed by atoms with E-state index in [0.717, 1.165) is 44.5 Å². The van der Waals surface area contributed by atoms with E-state index in [9.17, 15) is 13.6 Å². The molecule has 1 heterocycles. The lowest BCUT2D eigenvalue weighted by molar-refractivity contribution is 0.0949. The third-order valence-electron chi connectivity index (χ3n) is 3.49. The van der Waals surface area contributed by atoms with Crippen LogP contribution in [0.1, 0.15) is 29.6 Å². The number of carbonyl (C=O) groups is 1. The van der Waals surface area contributed by atoms with Crippen LogP contribution in [0.25, 0.3) is 0 Å². The normalized spacial score (nSPS) is 18.0. The molecule has 2 rings (SSSR count). The fourth-order valence-corrected chi connectivity index (χ4v) is 2.85. The van der Waals surface area contributed by atoms with Crippen molar-refractivity contribution in [2.45, 2.75) is 19.3 Å². The zero-order chi connectivity index (χ0) is 14.5. The Balaban J connectivity index is 0.00000220. The second-order valence-corrected chi connectivity index (χ2v) is 5.86. The molecule has 1 fully saturated rings. The molecule has 1 saturated heterocycles. The molecule has 1 aliphatic rings. The van der Waals surface area contributed by atoms with Crippen molar-refractivity contribution in [1.82, 2.24) is 10.6 Å². The SMILES string of the molecule is Cl.O=C(NCCC1CCCNC1)c1cc(F)c(F)cc1Br. The highest BCUT2D eigenvalue weighted by Crippen LogP contribution is 2.20. The van der Waals surface area contributed by atoms with Gasteiger partial charge in [0.15, 0.2) is 11.6 Å². The number of hydrogen-bond donors (Lipinski definition) is 2. The van der Waals surface area contributed by atoms with Crippen molar-refractivity contribution in [2.75, 3.05) is 19.6 Å². The molecule has 0 radical (unpaired) electrons. The molecule has 118 valence electrons. The van der Waals surface area contributed by atoms with Crippen molar-refractivity contribution in [3.63, 3.8) is 0 Å². The number of halogens is 4. The zero-order valence-electron chi connectivity index (χ0n) is 11.4. The van der Waals surface area contributed by atoms with Crippen LogP contribution in [0.3, 0.4) is 0 Å². The van der Waals surface area contributed by atoms with E-state index in [1.807, 2.05) is 0 Å². The average molecular weight is 384 g/mol. The molecular weight excluding hydrogens is 366 g/mol. The average Bonchev–Trinajstić information content (AvgIpc) is 2.44. The predicted octanol–water partition coefficient (Wildman–Crippen LogP) is 3.27. The molecule has 0 saturated carbocycles. The van der Waals surface area contributed by atoms with Crippen LogP contribution >= 0.6 is 28.3 Å². The Labute approximate surface area is 137 Å². The minimum Gasteiger partial charge on any atom is -0.352 e. The summed E-state index contributed by atoms with van der Waals surface area (Å²) in [5.41, 5.74) is 0.116. The number of benzene rings is 1. The van der Waals surface area contributed by atoms with Crippen LogP contribution in [0.5, 0.6) is 0 Å². The summed E-state index contributed by atoms with van der Waals surface area (Å²) in [5.74, 6) is -1.81. The van der Waals surface area contributed by atoms with E-state index < -0.39 is 11.6 Å². The van der Waals surface area contributed by atoms with Crippen LogP contribution in [0.15, 0.2) is 16.6 Å². The van der Waals surface area contributed by atoms with Gasteiger partial charge in [-0.2, -0.15) is 0 Å². The quantitative estimate of drug-likeness (QED) is 0.784. The summed E-state index contributed by atoms with van der Waals surface area (Å²) in [6, 6.07) is 1.88. The van der Waals surface area contributed by atoms with Crippen LogP contribution < -0.4 is 10.6 Å². The van der Waals surface area contributed by atoms with Gasteiger partial charge in [0.2, 0.25) is 0 Å². The maximum atomic E-state index is 13.1. The first-order valence-corrected chi connectivity index (χ1v) is 7.50. The number of rotatable bonds is 4. The lowest BCUT2D eigenvalue weighted by Crippen LogP contribution is -2.33. The molecule has 0 spiro atoms. The standard InChI is InChI=1S/C14H17BrF2N2O.ClH/c15-11-7-13(17)12(16)6-10(11)14(20)19-5-3-9-2-1-4-18-8-9;/h6-7,9,18H,1-5,8H2,(H,19,20);1H. The summed E-state index contributed by atoms with van der Waals surface area (Å²) < 4.78 is 26.4. The van der Waals surface area contributed by atoms with Crippen molar-refractivity contribution < 1.29 is 13.6 Å². The molecule has 1 aromatic rings. The van der Waals surface area contributed by atoms with E-state index in [1.165, 1.54) is 0 Å². The first-order valence-electron chi connectivity index (χ1n) is 6.71. The van der Waals surface area contributed by atoms with Gasteiger partial charge < -0.3 is 10.6 Å². The molecule has 1 aliphatic heterocycles. The maximum Gasteiger partial charge on any atom is 0.252 e. The Hall–Kier alpha value is -0.720. The largest absolute Gasteiger partial charge is 0.352 e. The van der Waals surface area contributed by atoms with Gasteiger partial charge in [-0.3, -0.25) is 4.79 Å². The first-order chi connectivity index (χ1) is 9.58. The number of amides is 1.